The number of rotatable bonds is 51. The average Bonchev–Trinajstić information content (AvgIpc) is 3.31. The third-order valence-electron chi connectivity index (χ3n) is 12.5. The van der Waals surface area contributed by atoms with Crippen molar-refractivity contribution in [3.8, 4) is 0 Å². The molecule has 0 saturated carbocycles. The number of hydrogen-bond acceptors (Lipinski definition) is 5. The summed E-state index contributed by atoms with van der Waals surface area (Å²) in [4.78, 5) is 24.5. The maximum Gasteiger partial charge on any atom is 0.305 e. The van der Waals surface area contributed by atoms with E-state index in [0.29, 0.717) is 19.4 Å². The van der Waals surface area contributed by atoms with Crippen LogP contribution in [0.1, 0.15) is 277 Å². The Bertz CT molecular complexity index is 1140. The van der Waals surface area contributed by atoms with Crippen LogP contribution in [0, 0.1) is 0 Å². The molecular formula is C59H107NO5. The second-order valence-corrected chi connectivity index (χ2v) is 18.9. The van der Waals surface area contributed by atoms with E-state index >= 15 is 0 Å². The van der Waals surface area contributed by atoms with Gasteiger partial charge in [0, 0.05) is 12.8 Å². The van der Waals surface area contributed by atoms with Crippen molar-refractivity contribution in [1.29, 1.82) is 0 Å². The molecule has 0 fully saturated rings. The summed E-state index contributed by atoms with van der Waals surface area (Å²) in [5, 5.41) is 22.9. The Balaban J connectivity index is 3.48. The summed E-state index contributed by atoms with van der Waals surface area (Å²) in [6.45, 7) is 4.81. The number of amides is 1. The predicted octanol–water partition coefficient (Wildman–Crippen LogP) is 17.2. The van der Waals surface area contributed by atoms with Crippen molar-refractivity contribution in [3.05, 3.63) is 60.8 Å². The van der Waals surface area contributed by atoms with Gasteiger partial charge in [-0.2, -0.15) is 0 Å². The molecule has 0 aliphatic rings. The SMILES string of the molecule is CCCCC/C=C\C/C=C\CCCCCCCCCCCC(=O)OCCCCC/C=C\C=C/CCCCCCCCCCCCC(=O)NC(CO)C(O)/C=C/CCCCCCCCCC. The standard InChI is InChI=1S/C59H107NO5/c1-3-5-7-9-11-13-15-16-17-18-20-24-27-30-33-37-41-45-49-53-59(64)65-54-50-46-42-38-34-31-28-25-22-19-21-23-26-29-32-36-40-44-48-52-58(63)60-56(55-61)57(62)51-47-43-39-35-14-12-10-8-6-4-2/h11,13,16-17,25,28,31,34,47,51,56-57,61-62H,3-10,12,14-15,18-24,26-27,29-30,32-33,35-46,48-50,52-55H2,1-2H3,(H,60,63)/b13-11-,17-16-,28-25-,34-31-,51-47+. The lowest BCUT2D eigenvalue weighted by molar-refractivity contribution is -0.143. The number of aliphatic hydroxyl groups is 2. The maximum absolute atomic E-state index is 12.4. The number of unbranched alkanes of at least 4 members (excludes halogenated alkanes) is 33. The van der Waals surface area contributed by atoms with Gasteiger partial charge in [-0.05, 0) is 96.3 Å². The molecule has 3 N–H and O–H groups in total. The summed E-state index contributed by atoms with van der Waals surface area (Å²) >= 11 is 0. The van der Waals surface area contributed by atoms with Gasteiger partial charge >= 0.3 is 5.97 Å². The highest BCUT2D eigenvalue weighted by Crippen LogP contribution is 2.15. The fraction of sp³-hybridized carbons (Fsp3) is 0.797. The molecule has 378 valence electrons. The molecule has 0 bridgehead atoms. The van der Waals surface area contributed by atoms with E-state index in [4.69, 9.17) is 4.74 Å². The largest absolute Gasteiger partial charge is 0.466 e. The highest BCUT2D eigenvalue weighted by atomic mass is 16.5. The van der Waals surface area contributed by atoms with Gasteiger partial charge in [-0.25, -0.2) is 0 Å². The third-order valence-corrected chi connectivity index (χ3v) is 12.5. The highest BCUT2D eigenvalue weighted by Gasteiger charge is 2.18. The Labute approximate surface area is 403 Å². The Kier molecular flexibility index (Phi) is 52.1. The summed E-state index contributed by atoms with van der Waals surface area (Å²) in [6.07, 6.45) is 69.6. The second kappa shape index (κ2) is 54.2. The maximum atomic E-state index is 12.4. The quantitative estimate of drug-likeness (QED) is 0.0245. The van der Waals surface area contributed by atoms with Crippen LogP contribution in [-0.2, 0) is 14.3 Å². The van der Waals surface area contributed by atoms with Crippen LogP contribution < -0.4 is 5.32 Å². The second-order valence-electron chi connectivity index (χ2n) is 18.9. The fourth-order valence-electron chi connectivity index (χ4n) is 8.18. The predicted molar refractivity (Wildman–Crippen MR) is 282 cm³/mol. The van der Waals surface area contributed by atoms with Gasteiger partial charge < -0.3 is 20.3 Å². The smallest absolute Gasteiger partial charge is 0.305 e. The van der Waals surface area contributed by atoms with E-state index < -0.39 is 12.1 Å². The molecule has 0 aliphatic heterocycles. The molecule has 0 rings (SSSR count). The van der Waals surface area contributed by atoms with Crippen LogP contribution >= 0.6 is 0 Å². The van der Waals surface area contributed by atoms with E-state index in [0.717, 1.165) is 83.5 Å². The van der Waals surface area contributed by atoms with Crippen molar-refractivity contribution < 1.29 is 24.5 Å². The van der Waals surface area contributed by atoms with Gasteiger partial charge in [-0.1, -0.05) is 229 Å². The third kappa shape index (κ3) is 50.8. The highest BCUT2D eigenvalue weighted by molar-refractivity contribution is 5.76. The summed E-state index contributed by atoms with van der Waals surface area (Å²) in [5.74, 6) is -0.100. The molecule has 0 spiro atoms. The van der Waals surface area contributed by atoms with E-state index in [1.807, 2.05) is 6.08 Å². The number of esters is 1. The Morgan fingerprint density at radius 3 is 1.29 bits per heavy atom. The van der Waals surface area contributed by atoms with Gasteiger partial charge in [0.15, 0.2) is 0 Å². The molecule has 0 saturated heterocycles. The number of hydrogen-bond donors (Lipinski definition) is 3. The Morgan fingerprint density at radius 1 is 0.446 bits per heavy atom. The normalized spacial score (nSPS) is 13.1. The summed E-state index contributed by atoms with van der Waals surface area (Å²) in [6, 6.07) is -0.635. The van der Waals surface area contributed by atoms with Crippen LogP contribution in [0.15, 0.2) is 60.8 Å². The first kappa shape index (κ1) is 62.6. The van der Waals surface area contributed by atoms with Crippen LogP contribution in [0.25, 0.3) is 0 Å². The van der Waals surface area contributed by atoms with E-state index in [9.17, 15) is 19.8 Å². The van der Waals surface area contributed by atoms with Gasteiger partial charge in [0.25, 0.3) is 0 Å². The molecule has 2 unspecified atom stereocenters. The lowest BCUT2D eigenvalue weighted by Crippen LogP contribution is -2.45. The van der Waals surface area contributed by atoms with Crippen LogP contribution in [0.3, 0.4) is 0 Å². The first-order valence-corrected chi connectivity index (χ1v) is 28.1. The van der Waals surface area contributed by atoms with Crippen LogP contribution in [0.2, 0.25) is 0 Å². The van der Waals surface area contributed by atoms with E-state index in [1.165, 1.54) is 167 Å². The zero-order valence-electron chi connectivity index (χ0n) is 43.0. The topological polar surface area (TPSA) is 95.9 Å². The zero-order valence-corrected chi connectivity index (χ0v) is 43.0. The van der Waals surface area contributed by atoms with Crippen molar-refractivity contribution in [2.75, 3.05) is 13.2 Å². The molecule has 0 heterocycles. The molecule has 0 aromatic heterocycles. The molecule has 65 heavy (non-hydrogen) atoms. The first-order valence-electron chi connectivity index (χ1n) is 28.1. The van der Waals surface area contributed by atoms with Crippen molar-refractivity contribution in [3.63, 3.8) is 0 Å². The van der Waals surface area contributed by atoms with Crippen molar-refractivity contribution >= 4 is 11.9 Å². The van der Waals surface area contributed by atoms with E-state index in [-0.39, 0.29) is 18.5 Å². The Morgan fingerprint density at radius 2 is 0.815 bits per heavy atom. The van der Waals surface area contributed by atoms with Crippen LogP contribution in [-0.4, -0.2) is 47.4 Å². The van der Waals surface area contributed by atoms with Gasteiger partial charge in [0.1, 0.15) is 0 Å². The van der Waals surface area contributed by atoms with E-state index in [1.54, 1.807) is 6.08 Å². The molecule has 0 aromatic rings. The Hall–Kier alpha value is -2.44. The number of allylic oxidation sites excluding steroid dienone is 9. The minimum Gasteiger partial charge on any atom is -0.466 e. The summed E-state index contributed by atoms with van der Waals surface area (Å²) in [7, 11) is 0. The number of carbonyl (C=O) groups excluding carboxylic acids is 2. The molecule has 6 nitrogen and oxygen atoms in total. The average molecular weight is 911 g/mol. The molecule has 6 heteroatoms. The van der Waals surface area contributed by atoms with E-state index in [2.05, 4.69) is 67.8 Å². The van der Waals surface area contributed by atoms with Gasteiger partial charge in [0.2, 0.25) is 5.91 Å². The molecule has 0 radical (unpaired) electrons. The van der Waals surface area contributed by atoms with Crippen molar-refractivity contribution in [2.24, 2.45) is 0 Å². The molecule has 0 aliphatic carbocycles. The number of ether oxygens (including phenoxy) is 1. The summed E-state index contributed by atoms with van der Waals surface area (Å²) in [5.41, 5.74) is 0. The summed E-state index contributed by atoms with van der Waals surface area (Å²) < 4.78 is 5.46. The van der Waals surface area contributed by atoms with Gasteiger partial charge in [-0.15, -0.1) is 0 Å². The minimum absolute atomic E-state index is 0.0190. The number of nitrogens with one attached hydrogen (secondary N) is 1. The minimum atomic E-state index is -0.850. The van der Waals surface area contributed by atoms with Crippen molar-refractivity contribution in [1.82, 2.24) is 5.32 Å². The fourth-order valence-corrected chi connectivity index (χ4v) is 8.18. The number of aliphatic hydroxyl groups excluding tert-OH is 2. The first-order chi connectivity index (χ1) is 32.0. The molecule has 0 aromatic carbocycles. The molecule has 2 atom stereocenters. The monoisotopic (exact) mass is 910 g/mol. The lowest BCUT2D eigenvalue weighted by Gasteiger charge is -2.20. The number of carbonyl (C=O) groups is 2. The lowest BCUT2D eigenvalue weighted by atomic mass is 10.0. The van der Waals surface area contributed by atoms with Gasteiger partial charge in [-0.3, -0.25) is 9.59 Å². The van der Waals surface area contributed by atoms with Crippen molar-refractivity contribution in [2.45, 2.75) is 289 Å². The molecular weight excluding hydrogens is 803 g/mol. The van der Waals surface area contributed by atoms with Crippen LogP contribution in [0.5, 0.6) is 0 Å². The van der Waals surface area contributed by atoms with Gasteiger partial charge in [0.05, 0.1) is 25.4 Å². The zero-order chi connectivity index (χ0) is 47.2. The molecule has 1 amide bonds. The van der Waals surface area contributed by atoms with Crippen LogP contribution in [0.4, 0.5) is 0 Å².